The molecule has 0 fully saturated rings. The average molecular weight is 215 g/mol. The Balaban J connectivity index is 2.17. The second-order valence-electron chi connectivity index (χ2n) is 4.47. The average Bonchev–Trinajstić information content (AvgIpc) is 2.29. The highest BCUT2D eigenvalue weighted by atomic mass is 14.9. The van der Waals surface area contributed by atoms with E-state index < -0.39 is 0 Å². The number of hydrogen-bond acceptors (Lipinski definition) is 3. The summed E-state index contributed by atoms with van der Waals surface area (Å²) in [5, 5.41) is 0. The van der Waals surface area contributed by atoms with Gasteiger partial charge in [-0.25, -0.2) is 9.97 Å². The first-order chi connectivity index (χ1) is 7.66. The highest BCUT2D eigenvalue weighted by molar-refractivity contribution is 5.71. The van der Waals surface area contributed by atoms with Gasteiger partial charge >= 0.3 is 0 Å². The summed E-state index contributed by atoms with van der Waals surface area (Å²) in [7, 11) is 0. The molecule has 1 aromatic heterocycles. The maximum Gasteiger partial charge on any atom is 0.161 e. The van der Waals surface area contributed by atoms with E-state index in [1.807, 2.05) is 0 Å². The zero-order chi connectivity index (χ0) is 11.5. The Bertz CT molecular complexity index is 433. The molecule has 2 N–H and O–H groups in total. The van der Waals surface area contributed by atoms with Crippen molar-refractivity contribution < 1.29 is 0 Å². The summed E-state index contributed by atoms with van der Waals surface area (Å²) in [4.78, 5) is 8.44. The number of nitrogen functional groups attached to an aromatic ring is 1. The van der Waals surface area contributed by atoms with Crippen LogP contribution in [0.2, 0.25) is 0 Å². The number of nitrogens with two attached hydrogens (primary N) is 1. The molecule has 1 unspecified atom stereocenters. The predicted molar refractivity (Wildman–Crippen MR) is 66.5 cm³/mol. The lowest BCUT2D eigenvalue weighted by atomic mass is 9.87. The van der Waals surface area contributed by atoms with E-state index in [1.165, 1.54) is 0 Å². The van der Waals surface area contributed by atoms with Gasteiger partial charge in [0.2, 0.25) is 0 Å². The van der Waals surface area contributed by atoms with Crippen LogP contribution in [-0.4, -0.2) is 9.97 Å². The Morgan fingerprint density at radius 3 is 2.81 bits per heavy atom. The standard InChI is InChI=1S/C13H17N3/c1-9(2)10-3-5-11(6-4-10)13-15-8-7-12(14)16-13/h3,5-10H,4H2,1-2H3,(H2,14,15,16). The molecular formula is C13H17N3. The van der Waals surface area contributed by atoms with Crippen molar-refractivity contribution in [3.05, 3.63) is 36.3 Å². The van der Waals surface area contributed by atoms with Crippen LogP contribution < -0.4 is 5.73 Å². The molecule has 3 nitrogen and oxygen atoms in total. The van der Waals surface area contributed by atoms with Crippen molar-refractivity contribution in [3.8, 4) is 0 Å². The first kappa shape index (κ1) is 10.9. The Labute approximate surface area is 96.1 Å². The molecule has 0 saturated carbocycles. The van der Waals surface area contributed by atoms with Gasteiger partial charge in [0.15, 0.2) is 5.82 Å². The van der Waals surface area contributed by atoms with Crippen LogP contribution in [0.1, 0.15) is 26.1 Å². The summed E-state index contributed by atoms with van der Waals surface area (Å²) in [5.41, 5.74) is 6.71. The summed E-state index contributed by atoms with van der Waals surface area (Å²) in [5.74, 6) is 2.55. The number of rotatable bonds is 2. The lowest BCUT2D eigenvalue weighted by molar-refractivity contribution is 0.468. The minimum absolute atomic E-state index is 0.519. The van der Waals surface area contributed by atoms with E-state index in [1.54, 1.807) is 12.3 Å². The number of nitrogens with zero attached hydrogens (tertiary/aromatic N) is 2. The van der Waals surface area contributed by atoms with Crippen LogP contribution in [0.4, 0.5) is 5.82 Å². The molecule has 0 saturated heterocycles. The van der Waals surface area contributed by atoms with Gasteiger partial charge < -0.3 is 5.73 Å². The Morgan fingerprint density at radius 1 is 1.44 bits per heavy atom. The van der Waals surface area contributed by atoms with Crippen LogP contribution in [0.3, 0.4) is 0 Å². The van der Waals surface area contributed by atoms with Crippen molar-refractivity contribution in [2.75, 3.05) is 5.73 Å². The van der Waals surface area contributed by atoms with Gasteiger partial charge in [-0.2, -0.15) is 0 Å². The van der Waals surface area contributed by atoms with E-state index in [-0.39, 0.29) is 0 Å². The van der Waals surface area contributed by atoms with E-state index in [9.17, 15) is 0 Å². The second-order valence-corrected chi connectivity index (χ2v) is 4.47. The summed E-state index contributed by atoms with van der Waals surface area (Å²) >= 11 is 0. The molecule has 0 bridgehead atoms. The number of allylic oxidation sites excluding steroid dienone is 4. The quantitative estimate of drug-likeness (QED) is 0.825. The first-order valence-electron chi connectivity index (χ1n) is 5.64. The Morgan fingerprint density at radius 2 is 2.25 bits per heavy atom. The topological polar surface area (TPSA) is 51.8 Å². The van der Waals surface area contributed by atoms with Gasteiger partial charge in [0.05, 0.1) is 0 Å². The predicted octanol–water partition coefficient (Wildman–Crippen LogP) is 2.67. The summed E-state index contributed by atoms with van der Waals surface area (Å²) < 4.78 is 0. The van der Waals surface area contributed by atoms with E-state index in [2.05, 4.69) is 42.0 Å². The molecule has 3 heteroatoms. The monoisotopic (exact) mass is 215 g/mol. The fourth-order valence-electron chi connectivity index (χ4n) is 1.81. The highest BCUT2D eigenvalue weighted by Crippen LogP contribution is 2.26. The van der Waals surface area contributed by atoms with Gasteiger partial charge in [0.25, 0.3) is 0 Å². The summed E-state index contributed by atoms with van der Waals surface area (Å²) in [6.45, 7) is 4.48. The van der Waals surface area contributed by atoms with Crippen molar-refractivity contribution >= 4 is 11.4 Å². The minimum Gasteiger partial charge on any atom is -0.384 e. The maximum absolute atomic E-state index is 5.64. The third-order valence-electron chi connectivity index (χ3n) is 2.92. The minimum atomic E-state index is 0.519. The molecule has 0 spiro atoms. The van der Waals surface area contributed by atoms with Crippen molar-refractivity contribution in [2.24, 2.45) is 11.8 Å². The lowest BCUT2D eigenvalue weighted by Crippen LogP contribution is -2.08. The third-order valence-corrected chi connectivity index (χ3v) is 2.92. The Kier molecular flexibility index (Phi) is 3.04. The number of anilines is 1. The van der Waals surface area contributed by atoms with E-state index in [4.69, 9.17) is 5.73 Å². The molecule has 1 aromatic rings. The molecule has 16 heavy (non-hydrogen) atoms. The van der Waals surface area contributed by atoms with Gasteiger partial charge in [0.1, 0.15) is 5.82 Å². The fraction of sp³-hybridized carbons (Fsp3) is 0.385. The Hall–Kier alpha value is -1.64. The van der Waals surface area contributed by atoms with Crippen molar-refractivity contribution in [1.82, 2.24) is 9.97 Å². The molecule has 1 aliphatic rings. The van der Waals surface area contributed by atoms with Crippen molar-refractivity contribution in [3.63, 3.8) is 0 Å². The van der Waals surface area contributed by atoms with Crippen LogP contribution in [0, 0.1) is 11.8 Å². The first-order valence-corrected chi connectivity index (χ1v) is 5.64. The highest BCUT2D eigenvalue weighted by Gasteiger charge is 2.14. The molecule has 1 atom stereocenters. The largest absolute Gasteiger partial charge is 0.384 e. The van der Waals surface area contributed by atoms with Gasteiger partial charge in [0, 0.05) is 11.8 Å². The molecule has 0 radical (unpaired) electrons. The van der Waals surface area contributed by atoms with E-state index in [0.29, 0.717) is 17.7 Å². The summed E-state index contributed by atoms with van der Waals surface area (Å²) in [6.07, 6.45) is 9.29. The molecule has 0 aromatic carbocycles. The molecule has 1 aliphatic carbocycles. The molecule has 0 amide bonds. The third kappa shape index (κ3) is 2.30. The van der Waals surface area contributed by atoms with Crippen LogP contribution in [-0.2, 0) is 0 Å². The summed E-state index contributed by atoms with van der Waals surface area (Å²) in [6, 6.07) is 1.70. The van der Waals surface area contributed by atoms with Crippen LogP contribution in [0.15, 0.2) is 30.5 Å². The van der Waals surface area contributed by atoms with E-state index in [0.717, 1.165) is 17.8 Å². The van der Waals surface area contributed by atoms with Gasteiger partial charge in [-0.05, 0) is 24.3 Å². The van der Waals surface area contributed by atoms with Crippen LogP contribution in [0.5, 0.6) is 0 Å². The maximum atomic E-state index is 5.64. The smallest absolute Gasteiger partial charge is 0.161 e. The molecule has 84 valence electrons. The van der Waals surface area contributed by atoms with E-state index >= 15 is 0 Å². The van der Waals surface area contributed by atoms with Gasteiger partial charge in [-0.15, -0.1) is 0 Å². The second kappa shape index (κ2) is 4.47. The van der Waals surface area contributed by atoms with Crippen molar-refractivity contribution in [2.45, 2.75) is 20.3 Å². The molecule has 1 heterocycles. The van der Waals surface area contributed by atoms with Crippen molar-refractivity contribution in [1.29, 1.82) is 0 Å². The lowest BCUT2D eigenvalue weighted by Gasteiger charge is -2.18. The molecule has 0 aliphatic heterocycles. The zero-order valence-electron chi connectivity index (χ0n) is 9.72. The van der Waals surface area contributed by atoms with Gasteiger partial charge in [-0.1, -0.05) is 32.1 Å². The number of hydrogen-bond donors (Lipinski definition) is 1. The van der Waals surface area contributed by atoms with Crippen LogP contribution >= 0.6 is 0 Å². The molecule has 2 rings (SSSR count). The fourth-order valence-corrected chi connectivity index (χ4v) is 1.81. The number of aromatic nitrogens is 2. The SMILES string of the molecule is CC(C)C1C=CC(c2nccc(N)n2)=CC1. The molecular weight excluding hydrogens is 198 g/mol. The van der Waals surface area contributed by atoms with Crippen LogP contribution in [0.25, 0.3) is 5.57 Å². The normalized spacial score (nSPS) is 19.9. The zero-order valence-corrected chi connectivity index (χ0v) is 9.72. The van der Waals surface area contributed by atoms with Gasteiger partial charge in [-0.3, -0.25) is 0 Å².